The Hall–Kier alpha value is -2.71. The van der Waals surface area contributed by atoms with Crippen LogP contribution in [0.25, 0.3) is 0 Å². The highest BCUT2D eigenvalue weighted by atomic mass is 32.2. The van der Waals surface area contributed by atoms with Crippen molar-refractivity contribution in [2.75, 3.05) is 22.5 Å². The van der Waals surface area contributed by atoms with Gasteiger partial charge in [0.1, 0.15) is 5.03 Å². The number of anilines is 2. The van der Waals surface area contributed by atoms with Gasteiger partial charge in [0.25, 0.3) is 5.91 Å². The highest BCUT2D eigenvalue weighted by Crippen LogP contribution is 2.28. The first kappa shape index (κ1) is 17.7. The molecule has 136 valence electrons. The fraction of sp³-hybridized carbons (Fsp3) is 0.158. The van der Waals surface area contributed by atoms with Crippen molar-refractivity contribution in [2.45, 2.75) is 11.4 Å². The van der Waals surface area contributed by atoms with E-state index in [1.807, 2.05) is 34.5 Å². The van der Waals surface area contributed by atoms with Gasteiger partial charge >= 0.3 is 0 Å². The van der Waals surface area contributed by atoms with Gasteiger partial charge in [0.2, 0.25) is 5.91 Å². The minimum atomic E-state index is -0.206. The van der Waals surface area contributed by atoms with Crippen molar-refractivity contribution >= 4 is 46.4 Å². The number of para-hydroxylation sites is 1. The van der Waals surface area contributed by atoms with Crippen LogP contribution in [-0.4, -0.2) is 34.3 Å². The summed E-state index contributed by atoms with van der Waals surface area (Å²) in [6, 6.07) is 15.0. The Bertz CT molecular complexity index is 958. The molecule has 0 unspecified atom stereocenters. The molecule has 2 aromatic heterocycles. The summed E-state index contributed by atoms with van der Waals surface area (Å²) >= 11 is 2.71. The molecule has 3 heterocycles. The van der Waals surface area contributed by atoms with E-state index in [1.54, 1.807) is 18.2 Å². The summed E-state index contributed by atoms with van der Waals surface area (Å²) in [5.41, 5.74) is 2.21. The van der Waals surface area contributed by atoms with E-state index in [4.69, 9.17) is 0 Å². The standard InChI is InChI=1S/C19H16N4O2S2/c24-18(23-10-9-13-4-1-2-5-14(13)23)12-27-17-8-7-16(21-22-17)20-19(25)15-6-3-11-26-15/h1-8,11H,9-10,12H2,(H,20,21,25). The number of nitrogens with zero attached hydrogens (tertiary/aromatic N) is 3. The van der Waals surface area contributed by atoms with Gasteiger partial charge in [-0.1, -0.05) is 36.0 Å². The molecule has 0 fully saturated rings. The molecule has 0 spiro atoms. The Morgan fingerprint density at radius 1 is 1.11 bits per heavy atom. The molecule has 27 heavy (non-hydrogen) atoms. The lowest BCUT2D eigenvalue weighted by Gasteiger charge is -2.16. The van der Waals surface area contributed by atoms with Gasteiger partial charge in [-0.3, -0.25) is 9.59 Å². The lowest BCUT2D eigenvalue weighted by molar-refractivity contribution is -0.116. The third kappa shape index (κ3) is 4.01. The summed E-state index contributed by atoms with van der Waals surface area (Å²) in [7, 11) is 0. The number of fused-ring (bicyclic) bond motifs is 1. The average Bonchev–Trinajstić information content (AvgIpc) is 3.37. The second kappa shape index (κ2) is 7.89. The van der Waals surface area contributed by atoms with Gasteiger partial charge in [0, 0.05) is 12.2 Å². The first-order valence-corrected chi connectivity index (χ1v) is 10.3. The van der Waals surface area contributed by atoms with E-state index in [2.05, 4.69) is 21.6 Å². The number of benzene rings is 1. The molecule has 6 nitrogen and oxygen atoms in total. The van der Waals surface area contributed by atoms with Crippen LogP contribution in [-0.2, 0) is 11.2 Å². The first-order valence-electron chi connectivity index (χ1n) is 8.40. The SMILES string of the molecule is O=C(Nc1ccc(SCC(=O)N2CCc3ccccc32)nn1)c1cccs1. The van der Waals surface area contributed by atoms with E-state index in [1.165, 1.54) is 28.7 Å². The van der Waals surface area contributed by atoms with Gasteiger partial charge in [-0.25, -0.2) is 0 Å². The van der Waals surface area contributed by atoms with Crippen LogP contribution in [0.15, 0.2) is 58.9 Å². The molecule has 0 saturated heterocycles. The molecule has 0 atom stereocenters. The molecule has 0 bridgehead atoms. The van der Waals surface area contributed by atoms with E-state index in [0.717, 1.165) is 18.7 Å². The molecule has 3 aromatic rings. The second-order valence-electron chi connectivity index (χ2n) is 5.90. The fourth-order valence-electron chi connectivity index (χ4n) is 2.86. The topological polar surface area (TPSA) is 75.2 Å². The molecule has 1 N–H and O–H groups in total. The predicted octanol–water partition coefficient (Wildman–Crippen LogP) is 3.47. The van der Waals surface area contributed by atoms with Crippen LogP contribution in [0.5, 0.6) is 0 Å². The van der Waals surface area contributed by atoms with Crippen molar-refractivity contribution in [3.05, 3.63) is 64.4 Å². The molecule has 1 aliphatic heterocycles. The van der Waals surface area contributed by atoms with E-state index in [9.17, 15) is 9.59 Å². The first-order chi connectivity index (χ1) is 13.2. The normalized spacial score (nSPS) is 12.7. The van der Waals surface area contributed by atoms with Gasteiger partial charge < -0.3 is 10.2 Å². The Morgan fingerprint density at radius 3 is 2.78 bits per heavy atom. The van der Waals surface area contributed by atoms with Crippen molar-refractivity contribution in [1.29, 1.82) is 0 Å². The molecule has 0 aliphatic carbocycles. The molecule has 1 aliphatic rings. The smallest absolute Gasteiger partial charge is 0.266 e. The maximum absolute atomic E-state index is 12.5. The number of carbonyl (C=O) groups excluding carboxylic acids is 2. The van der Waals surface area contributed by atoms with E-state index < -0.39 is 0 Å². The zero-order chi connectivity index (χ0) is 18.6. The summed E-state index contributed by atoms with van der Waals surface area (Å²) < 4.78 is 0. The van der Waals surface area contributed by atoms with E-state index in [-0.39, 0.29) is 11.8 Å². The van der Waals surface area contributed by atoms with Gasteiger partial charge in [-0.15, -0.1) is 21.5 Å². The maximum atomic E-state index is 12.5. The Labute approximate surface area is 164 Å². The van der Waals surface area contributed by atoms with Crippen LogP contribution in [0, 0.1) is 0 Å². The molecule has 0 saturated carbocycles. The Kier molecular flexibility index (Phi) is 5.17. The number of carbonyl (C=O) groups is 2. The van der Waals surface area contributed by atoms with Gasteiger partial charge in [0.05, 0.1) is 10.6 Å². The van der Waals surface area contributed by atoms with Crippen LogP contribution in [0.2, 0.25) is 0 Å². The Balaban J connectivity index is 1.33. The molecule has 4 rings (SSSR count). The molecule has 2 amide bonds. The quantitative estimate of drug-likeness (QED) is 0.669. The maximum Gasteiger partial charge on any atom is 0.266 e. The average molecular weight is 396 g/mol. The fourth-order valence-corrected chi connectivity index (χ4v) is 4.17. The van der Waals surface area contributed by atoms with E-state index in [0.29, 0.717) is 21.5 Å². The number of hydrogen-bond donors (Lipinski definition) is 1. The molecular weight excluding hydrogens is 380 g/mol. The largest absolute Gasteiger partial charge is 0.311 e. The zero-order valence-corrected chi connectivity index (χ0v) is 15.9. The van der Waals surface area contributed by atoms with Gasteiger partial charge in [-0.05, 0) is 41.6 Å². The van der Waals surface area contributed by atoms with Crippen LogP contribution in [0.1, 0.15) is 15.2 Å². The number of thiophene rings is 1. The summed E-state index contributed by atoms with van der Waals surface area (Å²) in [5, 5.41) is 13.3. The Morgan fingerprint density at radius 2 is 2.00 bits per heavy atom. The van der Waals surface area contributed by atoms with E-state index >= 15 is 0 Å². The summed E-state index contributed by atoms with van der Waals surface area (Å²) in [6.45, 7) is 0.720. The number of nitrogens with one attached hydrogen (secondary N) is 1. The molecular formula is C19H16N4O2S2. The predicted molar refractivity (Wildman–Crippen MR) is 108 cm³/mol. The highest BCUT2D eigenvalue weighted by Gasteiger charge is 2.24. The minimum Gasteiger partial charge on any atom is -0.311 e. The number of thioether (sulfide) groups is 1. The van der Waals surface area contributed by atoms with Crippen molar-refractivity contribution in [3.8, 4) is 0 Å². The third-order valence-electron chi connectivity index (χ3n) is 4.16. The molecule has 8 heteroatoms. The summed E-state index contributed by atoms with van der Waals surface area (Å²) in [5.74, 6) is 0.533. The van der Waals surface area contributed by atoms with Crippen LogP contribution in [0.3, 0.4) is 0 Å². The van der Waals surface area contributed by atoms with Gasteiger partial charge in [0.15, 0.2) is 5.82 Å². The third-order valence-corrected chi connectivity index (χ3v) is 5.93. The van der Waals surface area contributed by atoms with Crippen molar-refractivity contribution in [1.82, 2.24) is 10.2 Å². The van der Waals surface area contributed by atoms with Crippen LogP contribution in [0.4, 0.5) is 11.5 Å². The zero-order valence-electron chi connectivity index (χ0n) is 14.3. The monoisotopic (exact) mass is 396 g/mol. The van der Waals surface area contributed by atoms with Crippen LogP contribution >= 0.6 is 23.1 Å². The molecule has 0 radical (unpaired) electrons. The summed E-state index contributed by atoms with van der Waals surface area (Å²) in [6.07, 6.45) is 0.894. The number of amides is 2. The van der Waals surface area contributed by atoms with Crippen LogP contribution < -0.4 is 10.2 Å². The second-order valence-corrected chi connectivity index (χ2v) is 7.84. The number of rotatable bonds is 5. The highest BCUT2D eigenvalue weighted by molar-refractivity contribution is 7.99. The minimum absolute atomic E-state index is 0.0572. The number of aromatic nitrogens is 2. The van der Waals surface area contributed by atoms with Crippen molar-refractivity contribution < 1.29 is 9.59 Å². The molecule has 1 aromatic carbocycles. The van der Waals surface area contributed by atoms with Gasteiger partial charge in [-0.2, -0.15) is 0 Å². The lowest BCUT2D eigenvalue weighted by Crippen LogP contribution is -2.30. The summed E-state index contributed by atoms with van der Waals surface area (Å²) in [4.78, 5) is 27.0. The van der Waals surface area contributed by atoms with Crippen molar-refractivity contribution in [2.24, 2.45) is 0 Å². The number of hydrogen-bond acceptors (Lipinski definition) is 6. The van der Waals surface area contributed by atoms with Crippen molar-refractivity contribution in [3.63, 3.8) is 0 Å². The lowest BCUT2D eigenvalue weighted by atomic mass is 10.2.